The Kier molecular flexibility index (Phi) is 5.96. The zero-order valence-electron chi connectivity index (χ0n) is 11.8. The molecular weight excluding hydrogens is 245 g/mol. The largest absolute Gasteiger partial charge is 0.480 e. The maximum absolute atomic E-state index is 13.6. The summed E-state index contributed by atoms with van der Waals surface area (Å²) in [6.45, 7) is 5.96. The van der Waals surface area contributed by atoms with Crippen LogP contribution in [0.25, 0.3) is 0 Å². The predicted molar refractivity (Wildman–Crippen MR) is 73.7 cm³/mol. The van der Waals surface area contributed by atoms with Crippen LogP contribution in [-0.4, -0.2) is 34.6 Å². The molecule has 4 heteroatoms. The lowest BCUT2D eigenvalue weighted by molar-refractivity contribution is -0.139. The first kappa shape index (κ1) is 15.6. The normalized spacial score (nSPS) is 14.4. The molecule has 3 nitrogen and oxygen atoms in total. The van der Waals surface area contributed by atoms with Crippen molar-refractivity contribution in [1.82, 2.24) is 4.90 Å². The number of hydrogen-bond donors (Lipinski definition) is 1. The molecule has 2 unspecified atom stereocenters. The van der Waals surface area contributed by atoms with E-state index < -0.39 is 5.97 Å². The molecule has 0 aliphatic rings. The van der Waals surface area contributed by atoms with Crippen molar-refractivity contribution in [3.05, 3.63) is 35.6 Å². The first-order valence-electron chi connectivity index (χ1n) is 6.66. The highest BCUT2D eigenvalue weighted by atomic mass is 19.1. The number of halogens is 1. The summed E-state index contributed by atoms with van der Waals surface area (Å²) in [7, 11) is 0. The van der Waals surface area contributed by atoms with Crippen molar-refractivity contribution < 1.29 is 14.3 Å². The standard InChI is InChI=1S/C15H22FNO2/c1-4-11(2)17(10-15(18)19)12(3)9-13-7-5-6-8-14(13)16/h5-8,11-12H,4,9-10H2,1-3H3,(H,18,19). The molecule has 1 aromatic rings. The van der Waals surface area contributed by atoms with Crippen LogP contribution >= 0.6 is 0 Å². The molecule has 0 heterocycles. The Morgan fingerprint density at radius 2 is 1.95 bits per heavy atom. The number of hydrogen-bond acceptors (Lipinski definition) is 2. The highest BCUT2D eigenvalue weighted by Gasteiger charge is 2.22. The van der Waals surface area contributed by atoms with Crippen LogP contribution in [0.2, 0.25) is 0 Å². The third-order valence-corrected chi connectivity index (χ3v) is 3.51. The molecule has 0 bridgehead atoms. The van der Waals surface area contributed by atoms with Gasteiger partial charge in [-0.1, -0.05) is 25.1 Å². The summed E-state index contributed by atoms with van der Waals surface area (Å²) in [5.74, 6) is -1.07. The van der Waals surface area contributed by atoms with Gasteiger partial charge in [-0.2, -0.15) is 0 Å². The van der Waals surface area contributed by atoms with Gasteiger partial charge in [-0.25, -0.2) is 4.39 Å². The van der Waals surface area contributed by atoms with Crippen molar-refractivity contribution in [2.24, 2.45) is 0 Å². The Balaban J connectivity index is 2.79. The van der Waals surface area contributed by atoms with Crippen LogP contribution in [0.15, 0.2) is 24.3 Å². The molecule has 106 valence electrons. The second-order valence-corrected chi connectivity index (χ2v) is 4.97. The van der Waals surface area contributed by atoms with Gasteiger partial charge in [-0.15, -0.1) is 0 Å². The summed E-state index contributed by atoms with van der Waals surface area (Å²) in [6, 6.07) is 6.80. The monoisotopic (exact) mass is 267 g/mol. The second kappa shape index (κ2) is 7.24. The molecule has 1 rings (SSSR count). The van der Waals surface area contributed by atoms with E-state index in [4.69, 9.17) is 5.11 Å². The number of carbonyl (C=O) groups is 1. The molecule has 2 atom stereocenters. The van der Waals surface area contributed by atoms with Crippen molar-refractivity contribution >= 4 is 5.97 Å². The molecule has 0 saturated heterocycles. The Labute approximate surface area is 114 Å². The van der Waals surface area contributed by atoms with Gasteiger partial charge in [-0.3, -0.25) is 9.69 Å². The van der Waals surface area contributed by atoms with Gasteiger partial charge in [-0.05, 0) is 38.3 Å². The second-order valence-electron chi connectivity index (χ2n) is 4.97. The summed E-state index contributed by atoms with van der Waals surface area (Å²) in [5.41, 5.74) is 0.633. The maximum Gasteiger partial charge on any atom is 0.317 e. The van der Waals surface area contributed by atoms with Crippen LogP contribution in [0.5, 0.6) is 0 Å². The molecule has 0 spiro atoms. The van der Waals surface area contributed by atoms with Crippen LogP contribution in [0.4, 0.5) is 4.39 Å². The zero-order valence-corrected chi connectivity index (χ0v) is 11.8. The minimum atomic E-state index is -0.847. The van der Waals surface area contributed by atoms with E-state index in [1.54, 1.807) is 18.2 Å². The lowest BCUT2D eigenvalue weighted by atomic mass is 10.0. The number of rotatable bonds is 7. The predicted octanol–water partition coefficient (Wildman–Crippen LogP) is 2.94. The molecule has 1 aromatic carbocycles. The topological polar surface area (TPSA) is 40.5 Å². The van der Waals surface area contributed by atoms with Gasteiger partial charge in [0.1, 0.15) is 5.82 Å². The SMILES string of the molecule is CCC(C)N(CC(=O)O)C(C)Cc1ccccc1F. The molecule has 0 saturated carbocycles. The van der Waals surface area contributed by atoms with E-state index in [-0.39, 0.29) is 24.4 Å². The van der Waals surface area contributed by atoms with Crippen molar-refractivity contribution in [2.45, 2.75) is 45.7 Å². The van der Waals surface area contributed by atoms with Crippen molar-refractivity contribution in [3.63, 3.8) is 0 Å². The molecule has 1 N–H and O–H groups in total. The molecule has 0 aliphatic heterocycles. The summed E-state index contributed by atoms with van der Waals surface area (Å²) in [5, 5.41) is 8.98. The lowest BCUT2D eigenvalue weighted by Crippen LogP contribution is -2.44. The summed E-state index contributed by atoms with van der Waals surface area (Å²) in [4.78, 5) is 12.8. The first-order valence-corrected chi connectivity index (χ1v) is 6.66. The zero-order chi connectivity index (χ0) is 14.4. The van der Waals surface area contributed by atoms with E-state index in [1.807, 2.05) is 25.7 Å². The Morgan fingerprint density at radius 3 is 2.47 bits per heavy atom. The van der Waals surface area contributed by atoms with Crippen molar-refractivity contribution in [2.75, 3.05) is 6.54 Å². The van der Waals surface area contributed by atoms with Gasteiger partial charge < -0.3 is 5.11 Å². The Hall–Kier alpha value is -1.42. The lowest BCUT2D eigenvalue weighted by Gasteiger charge is -2.33. The summed E-state index contributed by atoms with van der Waals surface area (Å²) < 4.78 is 13.6. The molecule has 0 aliphatic carbocycles. The molecule has 0 fully saturated rings. The third kappa shape index (κ3) is 4.63. The average Bonchev–Trinajstić information content (AvgIpc) is 2.37. The Morgan fingerprint density at radius 1 is 1.32 bits per heavy atom. The van der Waals surface area contributed by atoms with Gasteiger partial charge in [0.15, 0.2) is 0 Å². The van der Waals surface area contributed by atoms with E-state index in [1.165, 1.54) is 6.07 Å². The van der Waals surface area contributed by atoms with Crippen LogP contribution in [0.3, 0.4) is 0 Å². The van der Waals surface area contributed by atoms with Gasteiger partial charge in [0.25, 0.3) is 0 Å². The smallest absolute Gasteiger partial charge is 0.317 e. The fraction of sp³-hybridized carbons (Fsp3) is 0.533. The molecule has 0 radical (unpaired) electrons. The van der Waals surface area contributed by atoms with Crippen LogP contribution in [0, 0.1) is 5.82 Å². The number of carboxylic acid groups (broad SMARTS) is 1. The molecular formula is C15H22FNO2. The van der Waals surface area contributed by atoms with E-state index in [2.05, 4.69) is 0 Å². The highest BCUT2D eigenvalue weighted by molar-refractivity contribution is 5.69. The van der Waals surface area contributed by atoms with Crippen molar-refractivity contribution in [1.29, 1.82) is 0 Å². The maximum atomic E-state index is 13.6. The van der Waals surface area contributed by atoms with Crippen molar-refractivity contribution in [3.8, 4) is 0 Å². The van der Waals surface area contributed by atoms with Gasteiger partial charge >= 0.3 is 5.97 Å². The first-order chi connectivity index (χ1) is 8.95. The minimum Gasteiger partial charge on any atom is -0.480 e. The van der Waals surface area contributed by atoms with Gasteiger partial charge in [0.05, 0.1) is 6.54 Å². The fourth-order valence-electron chi connectivity index (χ4n) is 2.24. The van der Waals surface area contributed by atoms with E-state index in [0.717, 1.165) is 6.42 Å². The van der Waals surface area contributed by atoms with Gasteiger partial charge in [0.2, 0.25) is 0 Å². The average molecular weight is 267 g/mol. The summed E-state index contributed by atoms with van der Waals surface area (Å²) in [6.07, 6.45) is 1.39. The quantitative estimate of drug-likeness (QED) is 0.825. The third-order valence-electron chi connectivity index (χ3n) is 3.51. The fourth-order valence-corrected chi connectivity index (χ4v) is 2.24. The number of aliphatic carboxylic acids is 1. The molecule has 0 amide bonds. The van der Waals surface area contributed by atoms with Crippen LogP contribution in [-0.2, 0) is 11.2 Å². The number of benzene rings is 1. The van der Waals surface area contributed by atoms with Gasteiger partial charge in [0, 0.05) is 12.1 Å². The molecule has 0 aromatic heterocycles. The summed E-state index contributed by atoms with van der Waals surface area (Å²) >= 11 is 0. The molecule has 19 heavy (non-hydrogen) atoms. The number of carboxylic acids is 1. The number of nitrogens with zero attached hydrogens (tertiary/aromatic N) is 1. The van der Waals surface area contributed by atoms with E-state index in [9.17, 15) is 9.18 Å². The highest BCUT2D eigenvalue weighted by Crippen LogP contribution is 2.15. The Bertz CT molecular complexity index is 422. The van der Waals surface area contributed by atoms with E-state index >= 15 is 0 Å². The van der Waals surface area contributed by atoms with E-state index in [0.29, 0.717) is 12.0 Å². The van der Waals surface area contributed by atoms with Crippen LogP contribution in [0.1, 0.15) is 32.8 Å². The van der Waals surface area contributed by atoms with Crippen LogP contribution < -0.4 is 0 Å². The minimum absolute atomic E-state index is 0.00930.